The van der Waals surface area contributed by atoms with Crippen molar-refractivity contribution in [1.29, 1.82) is 0 Å². The average Bonchev–Trinajstić information content (AvgIpc) is 3.06. The van der Waals surface area contributed by atoms with Gasteiger partial charge in [0, 0.05) is 12.6 Å². The minimum absolute atomic E-state index is 0.241. The topological polar surface area (TPSA) is 52.8 Å². The maximum absolute atomic E-state index is 5.57. The monoisotopic (exact) mass is 264 g/mol. The van der Waals surface area contributed by atoms with Crippen molar-refractivity contribution < 1.29 is 4.42 Å². The summed E-state index contributed by atoms with van der Waals surface area (Å²) >= 11 is 0. The summed E-state index contributed by atoms with van der Waals surface area (Å²) in [5.74, 6) is 1.90. The number of nitrogens with zero attached hydrogens (tertiary/aromatic N) is 2. The van der Waals surface area contributed by atoms with Crippen LogP contribution in [0.5, 0.6) is 0 Å². The molecule has 0 fully saturated rings. The Morgan fingerprint density at radius 2 is 2.32 bits per heavy atom. The second-order valence-corrected chi connectivity index (χ2v) is 4.87. The summed E-state index contributed by atoms with van der Waals surface area (Å²) in [6.45, 7) is 10.1. The van der Waals surface area contributed by atoms with Crippen LogP contribution < -0.4 is 10.6 Å². The molecule has 1 aromatic rings. The maximum atomic E-state index is 5.57. The summed E-state index contributed by atoms with van der Waals surface area (Å²) in [5, 5.41) is 6.71. The van der Waals surface area contributed by atoms with Crippen molar-refractivity contribution in [2.24, 2.45) is 4.99 Å². The summed E-state index contributed by atoms with van der Waals surface area (Å²) in [4.78, 5) is 6.81. The van der Waals surface area contributed by atoms with Gasteiger partial charge in [0.15, 0.2) is 5.96 Å². The molecule has 1 aliphatic heterocycles. The number of furan rings is 1. The quantitative estimate of drug-likeness (QED) is 0.819. The normalized spacial score (nSPS) is 20.2. The fraction of sp³-hybridized carbons (Fsp3) is 0.643. The van der Waals surface area contributed by atoms with E-state index in [9.17, 15) is 0 Å². The molecule has 2 N–H and O–H groups in total. The molecule has 0 aliphatic carbocycles. The first-order valence-electron chi connectivity index (χ1n) is 7.06. The zero-order chi connectivity index (χ0) is 13.7. The molecule has 1 aliphatic rings. The highest BCUT2D eigenvalue weighted by molar-refractivity contribution is 5.81. The SMILES string of the molecule is CCN(CC)C(CNC1=NCC(C)N1)c1ccco1. The summed E-state index contributed by atoms with van der Waals surface area (Å²) in [5.41, 5.74) is 0. The molecule has 2 heterocycles. The first-order chi connectivity index (χ1) is 9.24. The van der Waals surface area contributed by atoms with Crippen molar-refractivity contribution in [3.05, 3.63) is 24.2 Å². The molecule has 0 saturated heterocycles. The van der Waals surface area contributed by atoms with Crippen LogP contribution in [0.1, 0.15) is 32.6 Å². The fourth-order valence-electron chi connectivity index (χ4n) is 2.41. The molecule has 5 heteroatoms. The van der Waals surface area contributed by atoms with Crippen LogP contribution in [0.2, 0.25) is 0 Å². The first kappa shape index (κ1) is 13.9. The van der Waals surface area contributed by atoms with Gasteiger partial charge in [-0.3, -0.25) is 9.89 Å². The van der Waals surface area contributed by atoms with Gasteiger partial charge >= 0.3 is 0 Å². The van der Waals surface area contributed by atoms with E-state index in [0.717, 1.165) is 37.9 Å². The highest BCUT2D eigenvalue weighted by Crippen LogP contribution is 2.20. The minimum atomic E-state index is 0.241. The van der Waals surface area contributed by atoms with Gasteiger partial charge in [-0.15, -0.1) is 0 Å². The Balaban J connectivity index is 1.98. The number of guanidine groups is 1. The van der Waals surface area contributed by atoms with Crippen molar-refractivity contribution in [3.63, 3.8) is 0 Å². The molecule has 2 rings (SSSR count). The third-order valence-electron chi connectivity index (χ3n) is 3.49. The second-order valence-electron chi connectivity index (χ2n) is 4.87. The highest BCUT2D eigenvalue weighted by Gasteiger charge is 2.22. The summed E-state index contributed by atoms with van der Waals surface area (Å²) in [6, 6.07) is 4.65. The van der Waals surface area contributed by atoms with Crippen LogP contribution in [0.3, 0.4) is 0 Å². The standard InChI is InChI=1S/C14H24N4O/c1-4-18(5-2)12(13-7-6-8-19-13)10-16-14-15-9-11(3)17-14/h6-8,11-12H,4-5,9-10H2,1-3H3,(H2,15,16,17). The molecular weight excluding hydrogens is 240 g/mol. The van der Waals surface area contributed by atoms with Crippen LogP contribution in [-0.2, 0) is 0 Å². The smallest absolute Gasteiger partial charge is 0.191 e. The molecule has 2 atom stereocenters. The average molecular weight is 264 g/mol. The Morgan fingerprint density at radius 3 is 2.84 bits per heavy atom. The molecule has 5 nitrogen and oxygen atoms in total. The highest BCUT2D eigenvalue weighted by atomic mass is 16.3. The number of hydrogen-bond donors (Lipinski definition) is 2. The van der Waals surface area contributed by atoms with Crippen molar-refractivity contribution in [3.8, 4) is 0 Å². The number of aliphatic imine (C=N–C) groups is 1. The zero-order valence-corrected chi connectivity index (χ0v) is 12.0. The van der Waals surface area contributed by atoms with E-state index in [1.165, 1.54) is 0 Å². The summed E-state index contributed by atoms with van der Waals surface area (Å²) < 4.78 is 5.57. The molecule has 106 valence electrons. The van der Waals surface area contributed by atoms with Crippen molar-refractivity contribution in [2.75, 3.05) is 26.2 Å². The summed E-state index contributed by atoms with van der Waals surface area (Å²) in [6.07, 6.45) is 1.74. The lowest BCUT2D eigenvalue weighted by atomic mass is 10.2. The van der Waals surface area contributed by atoms with E-state index in [-0.39, 0.29) is 6.04 Å². The van der Waals surface area contributed by atoms with Crippen LogP contribution in [0.15, 0.2) is 27.8 Å². The lowest BCUT2D eigenvalue weighted by Crippen LogP contribution is -2.43. The number of hydrogen-bond acceptors (Lipinski definition) is 5. The zero-order valence-electron chi connectivity index (χ0n) is 12.0. The number of rotatable bonds is 6. The molecule has 0 spiro atoms. The third-order valence-corrected chi connectivity index (χ3v) is 3.49. The van der Waals surface area contributed by atoms with Crippen LogP contribution in [0.4, 0.5) is 0 Å². The molecular formula is C14H24N4O. The van der Waals surface area contributed by atoms with E-state index in [2.05, 4.69) is 41.3 Å². The fourth-order valence-corrected chi connectivity index (χ4v) is 2.41. The molecule has 1 aromatic heterocycles. The van der Waals surface area contributed by atoms with E-state index < -0.39 is 0 Å². The van der Waals surface area contributed by atoms with E-state index in [4.69, 9.17) is 4.42 Å². The predicted octanol–water partition coefficient (Wildman–Crippen LogP) is 1.60. The Labute approximate surface area is 115 Å². The molecule has 0 saturated carbocycles. The Kier molecular flexibility index (Phi) is 4.85. The molecule has 0 radical (unpaired) electrons. The van der Waals surface area contributed by atoms with Gasteiger partial charge in [-0.2, -0.15) is 0 Å². The first-order valence-corrected chi connectivity index (χ1v) is 7.06. The van der Waals surface area contributed by atoms with Gasteiger partial charge in [0.2, 0.25) is 0 Å². The lowest BCUT2D eigenvalue weighted by molar-refractivity contribution is 0.193. The van der Waals surface area contributed by atoms with Crippen LogP contribution in [-0.4, -0.2) is 43.1 Å². The van der Waals surface area contributed by atoms with Crippen LogP contribution in [0.25, 0.3) is 0 Å². The molecule has 0 amide bonds. The van der Waals surface area contributed by atoms with Gasteiger partial charge in [0.25, 0.3) is 0 Å². The molecule has 2 unspecified atom stereocenters. The van der Waals surface area contributed by atoms with Gasteiger partial charge in [0.1, 0.15) is 5.76 Å². The number of likely N-dealkylation sites (N-methyl/N-ethyl adjacent to an activating group) is 1. The van der Waals surface area contributed by atoms with E-state index in [0.29, 0.717) is 6.04 Å². The largest absolute Gasteiger partial charge is 0.468 e. The van der Waals surface area contributed by atoms with Crippen molar-refractivity contribution in [1.82, 2.24) is 15.5 Å². The lowest BCUT2D eigenvalue weighted by Gasteiger charge is -2.28. The van der Waals surface area contributed by atoms with Gasteiger partial charge < -0.3 is 15.1 Å². The van der Waals surface area contributed by atoms with Crippen LogP contribution in [0, 0.1) is 0 Å². The third kappa shape index (κ3) is 3.50. The van der Waals surface area contributed by atoms with Gasteiger partial charge in [-0.1, -0.05) is 13.8 Å². The van der Waals surface area contributed by atoms with E-state index in [1.807, 2.05) is 12.1 Å². The minimum Gasteiger partial charge on any atom is -0.468 e. The Bertz CT molecular complexity index is 398. The van der Waals surface area contributed by atoms with Crippen molar-refractivity contribution in [2.45, 2.75) is 32.9 Å². The van der Waals surface area contributed by atoms with Gasteiger partial charge in [-0.05, 0) is 32.1 Å². The van der Waals surface area contributed by atoms with Gasteiger partial charge in [-0.25, -0.2) is 0 Å². The van der Waals surface area contributed by atoms with E-state index >= 15 is 0 Å². The number of nitrogens with one attached hydrogen (secondary N) is 2. The Hall–Kier alpha value is -1.49. The van der Waals surface area contributed by atoms with Crippen molar-refractivity contribution >= 4 is 5.96 Å². The molecule has 0 aromatic carbocycles. The molecule has 0 bridgehead atoms. The van der Waals surface area contributed by atoms with E-state index in [1.54, 1.807) is 6.26 Å². The second kappa shape index (κ2) is 6.61. The summed E-state index contributed by atoms with van der Waals surface area (Å²) in [7, 11) is 0. The molecule has 19 heavy (non-hydrogen) atoms. The van der Waals surface area contributed by atoms with Crippen LogP contribution >= 0.6 is 0 Å². The maximum Gasteiger partial charge on any atom is 0.191 e. The van der Waals surface area contributed by atoms with Gasteiger partial charge in [0.05, 0.1) is 18.8 Å². The predicted molar refractivity (Wildman–Crippen MR) is 77.3 cm³/mol. The Morgan fingerprint density at radius 1 is 1.53 bits per heavy atom.